The summed E-state index contributed by atoms with van der Waals surface area (Å²) in [6.45, 7) is 4.04. The Morgan fingerprint density at radius 3 is 2.61 bits per heavy atom. The molecule has 1 N–H and O–H groups in total. The molecule has 0 heterocycles. The maximum Gasteiger partial charge on any atom is 0.309 e. The van der Waals surface area contributed by atoms with E-state index >= 15 is 0 Å². The Kier molecular flexibility index (Phi) is 5.67. The first-order valence-corrected chi connectivity index (χ1v) is 6.89. The second-order valence-corrected chi connectivity index (χ2v) is 5.29. The number of halogens is 1. The second-order valence-electron chi connectivity index (χ2n) is 4.85. The summed E-state index contributed by atoms with van der Waals surface area (Å²) in [5.74, 6) is -0.696. The highest BCUT2D eigenvalue weighted by atomic mass is 35.5. The smallest absolute Gasteiger partial charge is 0.309 e. The molecule has 0 aromatic heterocycles. The van der Waals surface area contributed by atoms with Gasteiger partial charge in [-0.2, -0.15) is 0 Å². The van der Waals surface area contributed by atoms with Crippen molar-refractivity contribution in [2.24, 2.45) is 5.41 Å². The molecule has 0 bridgehead atoms. The number of carboxylic acid groups (broad SMARTS) is 1. The van der Waals surface area contributed by atoms with Gasteiger partial charge < -0.3 is 5.11 Å². The fourth-order valence-corrected chi connectivity index (χ4v) is 2.49. The minimum absolute atomic E-state index is 0.555. The summed E-state index contributed by atoms with van der Waals surface area (Å²) in [6.07, 6.45) is 3.89. The van der Waals surface area contributed by atoms with Gasteiger partial charge in [-0.05, 0) is 37.0 Å². The van der Waals surface area contributed by atoms with Gasteiger partial charge in [-0.3, -0.25) is 4.79 Å². The van der Waals surface area contributed by atoms with E-state index in [1.54, 1.807) is 0 Å². The Hall–Kier alpha value is -1.02. The van der Waals surface area contributed by atoms with E-state index in [4.69, 9.17) is 11.6 Å². The molecule has 1 rings (SSSR count). The van der Waals surface area contributed by atoms with Crippen molar-refractivity contribution in [3.8, 4) is 0 Å². The molecule has 0 saturated heterocycles. The van der Waals surface area contributed by atoms with Crippen LogP contribution >= 0.6 is 11.6 Å². The lowest BCUT2D eigenvalue weighted by molar-refractivity contribution is -0.149. The van der Waals surface area contributed by atoms with E-state index < -0.39 is 11.4 Å². The summed E-state index contributed by atoms with van der Waals surface area (Å²) in [4.78, 5) is 11.6. The van der Waals surface area contributed by atoms with Gasteiger partial charge in [0.2, 0.25) is 0 Å². The maximum absolute atomic E-state index is 11.6. The van der Waals surface area contributed by atoms with E-state index in [0.29, 0.717) is 17.9 Å². The quantitative estimate of drug-likeness (QED) is 0.787. The fourth-order valence-electron chi connectivity index (χ4n) is 2.28. The van der Waals surface area contributed by atoms with E-state index in [1.165, 1.54) is 0 Å². The summed E-state index contributed by atoms with van der Waals surface area (Å²) in [6, 6.07) is 7.50. The third-order valence-electron chi connectivity index (χ3n) is 3.57. The predicted octanol–water partition coefficient (Wildman–Crippen LogP) is 4.55. The standard InChI is InChI=1S/C15H21ClO2/c1-3-5-9-15(4-2,14(17)18)11-12-7-6-8-13(16)10-12/h6-8,10H,3-5,9,11H2,1-2H3,(H,17,18). The van der Waals surface area contributed by atoms with E-state index in [-0.39, 0.29) is 0 Å². The van der Waals surface area contributed by atoms with Gasteiger partial charge in [0, 0.05) is 5.02 Å². The van der Waals surface area contributed by atoms with Crippen molar-refractivity contribution in [1.82, 2.24) is 0 Å². The van der Waals surface area contributed by atoms with Gasteiger partial charge in [-0.25, -0.2) is 0 Å². The zero-order valence-electron chi connectivity index (χ0n) is 11.1. The van der Waals surface area contributed by atoms with Crippen LogP contribution in [-0.2, 0) is 11.2 Å². The number of carboxylic acids is 1. The Morgan fingerprint density at radius 1 is 1.39 bits per heavy atom. The predicted molar refractivity (Wildman–Crippen MR) is 75.0 cm³/mol. The summed E-state index contributed by atoms with van der Waals surface area (Å²) >= 11 is 5.95. The summed E-state index contributed by atoms with van der Waals surface area (Å²) in [5, 5.41) is 10.2. The molecule has 1 aromatic carbocycles. The highest BCUT2D eigenvalue weighted by Gasteiger charge is 2.36. The highest BCUT2D eigenvalue weighted by Crippen LogP contribution is 2.34. The van der Waals surface area contributed by atoms with Crippen molar-refractivity contribution < 1.29 is 9.90 Å². The van der Waals surface area contributed by atoms with Crippen LogP contribution < -0.4 is 0 Å². The fraction of sp³-hybridized carbons (Fsp3) is 0.533. The zero-order chi connectivity index (χ0) is 13.6. The first-order chi connectivity index (χ1) is 8.54. The van der Waals surface area contributed by atoms with Crippen LogP contribution in [0.5, 0.6) is 0 Å². The van der Waals surface area contributed by atoms with Gasteiger partial charge in [0.15, 0.2) is 0 Å². The topological polar surface area (TPSA) is 37.3 Å². The van der Waals surface area contributed by atoms with Crippen molar-refractivity contribution in [2.75, 3.05) is 0 Å². The maximum atomic E-state index is 11.6. The van der Waals surface area contributed by atoms with Gasteiger partial charge in [0.1, 0.15) is 0 Å². The van der Waals surface area contributed by atoms with E-state index in [0.717, 1.165) is 24.8 Å². The molecule has 1 aromatic rings. The molecule has 1 unspecified atom stereocenters. The first kappa shape index (κ1) is 15.0. The van der Waals surface area contributed by atoms with E-state index in [2.05, 4.69) is 6.92 Å². The van der Waals surface area contributed by atoms with Crippen LogP contribution in [0.15, 0.2) is 24.3 Å². The number of hydrogen-bond donors (Lipinski definition) is 1. The van der Waals surface area contributed by atoms with E-state index in [1.807, 2.05) is 31.2 Å². The lowest BCUT2D eigenvalue weighted by atomic mass is 9.75. The monoisotopic (exact) mass is 268 g/mol. The molecule has 0 radical (unpaired) electrons. The highest BCUT2D eigenvalue weighted by molar-refractivity contribution is 6.30. The molecule has 3 heteroatoms. The summed E-state index contributed by atoms with van der Waals surface area (Å²) in [7, 11) is 0. The largest absolute Gasteiger partial charge is 0.481 e. The third kappa shape index (κ3) is 3.74. The number of carbonyl (C=O) groups is 1. The van der Waals surface area contributed by atoms with Crippen molar-refractivity contribution in [1.29, 1.82) is 0 Å². The minimum Gasteiger partial charge on any atom is -0.481 e. The molecule has 0 aliphatic heterocycles. The normalized spacial score (nSPS) is 14.2. The number of aliphatic carboxylic acids is 1. The lowest BCUT2D eigenvalue weighted by Crippen LogP contribution is -2.32. The Balaban J connectivity index is 2.93. The van der Waals surface area contributed by atoms with Gasteiger partial charge in [0.25, 0.3) is 0 Å². The Morgan fingerprint density at radius 2 is 2.11 bits per heavy atom. The van der Waals surface area contributed by atoms with Crippen molar-refractivity contribution >= 4 is 17.6 Å². The van der Waals surface area contributed by atoms with E-state index in [9.17, 15) is 9.90 Å². The molecule has 1 atom stereocenters. The first-order valence-electron chi connectivity index (χ1n) is 6.52. The Labute approximate surface area is 114 Å². The van der Waals surface area contributed by atoms with Gasteiger partial charge in [-0.15, -0.1) is 0 Å². The summed E-state index contributed by atoms with van der Waals surface area (Å²) in [5.41, 5.74) is 0.351. The van der Waals surface area contributed by atoms with Crippen molar-refractivity contribution in [3.63, 3.8) is 0 Å². The molecule has 0 amide bonds. The molecule has 0 aliphatic carbocycles. The van der Waals surface area contributed by atoms with Gasteiger partial charge >= 0.3 is 5.97 Å². The molecule has 18 heavy (non-hydrogen) atoms. The second kappa shape index (κ2) is 6.79. The lowest BCUT2D eigenvalue weighted by Gasteiger charge is -2.28. The Bertz CT molecular complexity index is 403. The van der Waals surface area contributed by atoms with Crippen LogP contribution in [0, 0.1) is 5.41 Å². The van der Waals surface area contributed by atoms with Crippen LogP contribution in [0.3, 0.4) is 0 Å². The average Bonchev–Trinajstić information content (AvgIpc) is 2.34. The van der Waals surface area contributed by atoms with Crippen LogP contribution in [0.25, 0.3) is 0 Å². The molecule has 0 aliphatic rings. The van der Waals surface area contributed by atoms with Crippen LogP contribution in [-0.4, -0.2) is 11.1 Å². The molecule has 2 nitrogen and oxygen atoms in total. The minimum atomic E-state index is -0.696. The third-order valence-corrected chi connectivity index (χ3v) is 3.81. The molecule has 0 fully saturated rings. The molecule has 0 spiro atoms. The number of unbranched alkanes of at least 4 members (excludes halogenated alkanes) is 1. The van der Waals surface area contributed by atoms with Crippen LogP contribution in [0.4, 0.5) is 0 Å². The van der Waals surface area contributed by atoms with Crippen molar-refractivity contribution in [3.05, 3.63) is 34.9 Å². The number of benzene rings is 1. The van der Waals surface area contributed by atoms with Crippen LogP contribution in [0.2, 0.25) is 5.02 Å². The van der Waals surface area contributed by atoms with Crippen molar-refractivity contribution in [2.45, 2.75) is 46.0 Å². The van der Waals surface area contributed by atoms with Gasteiger partial charge in [0.05, 0.1) is 5.41 Å². The summed E-state index contributed by atoms with van der Waals surface area (Å²) < 4.78 is 0. The number of rotatable bonds is 7. The zero-order valence-corrected chi connectivity index (χ0v) is 11.8. The average molecular weight is 269 g/mol. The molecule has 0 saturated carbocycles. The molecule has 100 valence electrons. The van der Waals surface area contributed by atoms with Crippen LogP contribution in [0.1, 0.15) is 45.1 Å². The van der Waals surface area contributed by atoms with Gasteiger partial charge in [-0.1, -0.05) is 50.4 Å². The number of hydrogen-bond acceptors (Lipinski definition) is 1. The molecular formula is C15H21ClO2. The molecular weight excluding hydrogens is 248 g/mol. The SMILES string of the molecule is CCCCC(CC)(Cc1cccc(Cl)c1)C(=O)O.